The fourth-order valence-electron chi connectivity index (χ4n) is 11.3. The summed E-state index contributed by atoms with van der Waals surface area (Å²) < 4.78 is 2.15. The predicted molar refractivity (Wildman–Crippen MR) is 277 cm³/mol. The van der Waals surface area contributed by atoms with E-state index in [1.54, 1.807) is 0 Å². The molecule has 9 aromatic carbocycles. The fraction of sp³-hybridized carbons (Fsp3) is 0.0156. The molecule has 3 aromatic heterocycles. The monoisotopic (exact) mass is 864 g/mol. The predicted octanol–water partition coefficient (Wildman–Crippen LogP) is 15.6. The molecular formula is C64H40N4. The van der Waals surface area contributed by atoms with Crippen molar-refractivity contribution in [2.75, 3.05) is 0 Å². The molecule has 0 bridgehead atoms. The average Bonchev–Trinajstić information content (AvgIpc) is 4.07. The first kappa shape index (κ1) is 38.3. The standard InChI is InChI=1S/C64H40N4/c1-4-18-41(19-5-1)57-40-58(47-36-37-52-51-28-14-17-31-55(51)64(56(52)38-47)53-29-15-12-26-49(53)50-27-13-16-30-54(50)64)66-63(65-57)45-34-32-42(33-35-45)59-39-46-24-10-11-25-48(46)62-60(43-20-6-2-7-21-43)61(67-68(59)62)44-22-8-3-9-23-44/h1-40H. The van der Waals surface area contributed by atoms with Crippen LogP contribution in [-0.4, -0.2) is 19.6 Å². The minimum Gasteiger partial charge on any atom is -0.231 e. The summed E-state index contributed by atoms with van der Waals surface area (Å²) in [6.45, 7) is 0. The molecule has 4 heteroatoms. The molecule has 0 aliphatic heterocycles. The summed E-state index contributed by atoms with van der Waals surface area (Å²) in [5, 5.41) is 7.75. The van der Waals surface area contributed by atoms with Crippen LogP contribution < -0.4 is 0 Å². The number of pyridine rings is 1. The first-order chi connectivity index (χ1) is 33.7. The quantitative estimate of drug-likeness (QED) is 0.167. The van der Waals surface area contributed by atoms with E-state index in [4.69, 9.17) is 15.1 Å². The molecular weight excluding hydrogens is 825 g/mol. The summed E-state index contributed by atoms with van der Waals surface area (Å²) in [4.78, 5) is 10.7. The van der Waals surface area contributed by atoms with Crippen molar-refractivity contribution in [2.45, 2.75) is 5.41 Å². The molecule has 2 aliphatic rings. The second kappa shape index (κ2) is 15.0. The van der Waals surface area contributed by atoms with Crippen molar-refractivity contribution in [3.63, 3.8) is 0 Å². The molecule has 0 N–H and O–H groups in total. The highest BCUT2D eigenvalue weighted by molar-refractivity contribution is 6.08. The van der Waals surface area contributed by atoms with E-state index in [9.17, 15) is 0 Å². The van der Waals surface area contributed by atoms with Gasteiger partial charge in [0.2, 0.25) is 0 Å². The van der Waals surface area contributed by atoms with Gasteiger partial charge in [-0.25, -0.2) is 14.5 Å². The normalized spacial score (nSPS) is 12.8. The lowest BCUT2D eigenvalue weighted by atomic mass is 9.70. The average molecular weight is 865 g/mol. The van der Waals surface area contributed by atoms with Gasteiger partial charge in [-0.05, 0) is 73.7 Å². The molecule has 0 radical (unpaired) electrons. The Bertz CT molecular complexity index is 3880. The minimum absolute atomic E-state index is 0.449. The van der Waals surface area contributed by atoms with Gasteiger partial charge in [0.15, 0.2) is 5.82 Å². The van der Waals surface area contributed by atoms with E-state index in [1.807, 2.05) is 0 Å². The van der Waals surface area contributed by atoms with Gasteiger partial charge < -0.3 is 0 Å². The highest BCUT2D eigenvalue weighted by atomic mass is 15.2. The van der Waals surface area contributed by atoms with Crippen molar-refractivity contribution in [2.24, 2.45) is 0 Å². The van der Waals surface area contributed by atoms with Crippen LogP contribution in [-0.2, 0) is 5.41 Å². The van der Waals surface area contributed by atoms with E-state index in [1.165, 1.54) is 44.5 Å². The van der Waals surface area contributed by atoms with Crippen LogP contribution in [0.25, 0.3) is 106 Å². The van der Waals surface area contributed by atoms with E-state index in [2.05, 4.69) is 247 Å². The van der Waals surface area contributed by atoms with Gasteiger partial charge in [0.25, 0.3) is 0 Å². The fourth-order valence-corrected chi connectivity index (χ4v) is 11.3. The number of fused-ring (bicyclic) bond motifs is 13. The van der Waals surface area contributed by atoms with Crippen LogP contribution >= 0.6 is 0 Å². The molecule has 0 fully saturated rings. The number of aromatic nitrogens is 4. The maximum absolute atomic E-state index is 5.44. The van der Waals surface area contributed by atoms with Crippen molar-refractivity contribution in [1.29, 1.82) is 0 Å². The third-order valence-corrected chi connectivity index (χ3v) is 14.3. The zero-order valence-corrected chi connectivity index (χ0v) is 36.9. The Morgan fingerprint density at radius 3 is 1.46 bits per heavy atom. The number of hydrogen-bond donors (Lipinski definition) is 0. The van der Waals surface area contributed by atoms with E-state index >= 15 is 0 Å². The van der Waals surface area contributed by atoms with Crippen LogP contribution in [0.3, 0.4) is 0 Å². The molecule has 14 rings (SSSR count). The Kier molecular flexibility index (Phi) is 8.46. The molecule has 0 unspecified atom stereocenters. The topological polar surface area (TPSA) is 43.1 Å². The molecule has 0 amide bonds. The second-order valence-corrected chi connectivity index (χ2v) is 17.9. The molecule has 12 aromatic rings. The highest BCUT2D eigenvalue weighted by Crippen LogP contribution is 2.63. The van der Waals surface area contributed by atoms with E-state index < -0.39 is 5.41 Å². The number of hydrogen-bond acceptors (Lipinski definition) is 3. The number of rotatable bonds is 6. The smallest absolute Gasteiger partial charge is 0.160 e. The molecule has 316 valence electrons. The van der Waals surface area contributed by atoms with Crippen LogP contribution in [0.15, 0.2) is 243 Å². The molecule has 1 spiro atoms. The van der Waals surface area contributed by atoms with Crippen molar-refractivity contribution in [3.8, 4) is 89.8 Å². The Labute approximate surface area is 394 Å². The third kappa shape index (κ3) is 5.64. The Balaban J connectivity index is 0.934. The Morgan fingerprint density at radius 1 is 0.338 bits per heavy atom. The lowest BCUT2D eigenvalue weighted by Crippen LogP contribution is -2.25. The van der Waals surface area contributed by atoms with Gasteiger partial charge in [-0.15, -0.1) is 0 Å². The molecule has 0 atom stereocenters. The maximum Gasteiger partial charge on any atom is 0.160 e. The molecule has 68 heavy (non-hydrogen) atoms. The van der Waals surface area contributed by atoms with E-state index in [0.29, 0.717) is 5.82 Å². The zero-order chi connectivity index (χ0) is 44.8. The summed E-state index contributed by atoms with van der Waals surface area (Å²) in [5.41, 5.74) is 22.1. The van der Waals surface area contributed by atoms with Crippen LogP contribution in [0.4, 0.5) is 0 Å². The van der Waals surface area contributed by atoms with Crippen LogP contribution in [0.5, 0.6) is 0 Å². The van der Waals surface area contributed by atoms with Gasteiger partial charge in [-0.1, -0.05) is 224 Å². The summed E-state index contributed by atoms with van der Waals surface area (Å²) >= 11 is 0. The van der Waals surface area contributed by atoms with Crippen molar-refractivity contribution >= 4 is 16.3 Å². The number of benzene rings is 9. The maximum atomic E-state index is 5.44. The van der Waals surface area contributed by atoms with Crippen LogP contribution in [0.2, 0.25) is 0 Å². The largest absolute Gasteiger partial charge is 0.231 e. The van der Waals surface area contributed by atoms with Crippen molar-refractivity contribution < 1.29 is 0 Å². The van der Waals surface area contributed by atoms with Crippen LogP contribution in [0.1, 0.15) is 22.3 Å². The first-order valence-electron chi connectivity index (χ1n) is 23.3. The molecule has 4 nitrogen and oxygen atoms in total. The van der Waals surface area contributed by atoms with Crippen LogP contribution in [0, 0.1) is 0 Å². The Morgan fingerprint density at radius 2 is 0.824 bits per heavy atom. The van der Waals surface area contributed by atoms with Gasteiger partial charge in [0, 0.05) is 38.8 Å². The summed E-state index contributed by atoms with van der Waals surface area (Å²) in [5.74, 6) is 0.670. The molecule has 0 saturated carbocycles. The number of nitrogens with zero attached hydrogens (tertiary/aromatic N) is 4. The zero-order valence-electron chi connectivity index (χ0n) is 36.9. The van der Waals surface area contributed by atoms with Crippen molar-refractivity contribution in [3.05, 3.63) is 265 Å². The summed E-state index contributed by atoms with van der Waals surface area (Å²) in [6, 6.07) is 87.2. The van der Waals surface area contributed by atoms with Gasteiger partial charge in [0.05, 0.1) is 28.0 Å². The third-order valence-electron chi connectivity index (χ3n) is 14.3. The van der Waals surface area contributed by atoms with E-state index in [0.717, 1.165) is 78.0 Å². The second-order valence-electron chi connectivity index (χ2n) is 17.9. The Hall–Kier alpha value is -8.99. The minimum atomic E-state index is -0.449. The first-order valence-corrected chi connectivity index (χ1v) is 23.3. The van der Waals surface area contributed by atoms with Gasteiger partial charge in [-0.3, -0.25) is 0 Å². The van der Waals surface area contributed by atoms with E-state index in [-0.39, 0.29) is 0 Å². The summed E-state index contributed by atoms with van der Waals surface area (Å²) in [6.07, 6.45) is 0. The van der Waals surface area contributed by atoms with Gasteiger partial charge in [-0.2, -0.15) is 5.10 Å². The molecule has 0 saturated heterocycles. The lowest BCUT2D eigenvalue weighted by Gasteiger charge is -2.30. The summed E-state index contributed by atoms with van der Waals surface area (Å²) in [7, 11) is 0. The highest BCUT2D eigenvalue weighted by Gasteiger charge is 2.51. The van der Waals surface area contributed by atoms with Gasteiger partial charge in [0.1, 0.15) is 5.69 Å². The molecule has 3 heterocycles. The van der Waals surface area contributed by atoms with Gasteiger partial charge >= 0.3 is 0 Å². The van der Waals surface area contributed by atoms with Crippen molar-refractivity contribution in [1.82, 2.24) is 19.6 Å². The SMILES string of the molecule is c1ccc(-c2cc(-c3ccc4c(c3)C3(c5ccccc5-c5ccccc53)c3ccccc3-4)nc(-c3ccc(-c4cc5ccccc5c5c(-c6ccccc6)c(-c6ccccc6)nn45)cc3)n2)cc1. The molecule has 2 aliphatic carbocycles. The lowest BCUT2D eigenvalue weighted by molar-refractivity contribution is 0.794.